The highest BCUT2D eigenvalue weighted by Crippen LogP contribution is 2.32. The Morgan fingerprint density at radius 2 is 1.69 bits per heavy atom. The lowest BCUT2D eigenvalue weighted by Crippen LogP contribution is -2.32. The zero-order valence-corrected chi connectivity index (χ0v) is 17.6. The number of hydrogen-bond donors (Lipinski definition) is 2. The largest absolute Gasteiger partial charge is 0.390 e. The third kappa shape index (κ3) is 4.65. The minimum absolute atomic E-state index is 0.0102. The molecular weight excluding hydrogens is 414 g/mol. The van der Waals surface area contributed by atoms with E-state index in [0.29, 0.717) is 22.6 Å². The van der Waals surface area contributed by atoms with Crippen molar-refractivity contribution in [1.82, 2.24) is 14.8 Å². The molecule has 2 N–H and O–H groups in total. The number of pyridine rings is 1. The van der Waals surface area contributed by atoms with E-state index in [2.05, 4.69) is 15.4 Å². The number of rotatable bonds is 6. The monoisotopic (exact) mass is 436 g/mol. The maximum absolute atomic E-state index is 13.3. The molecule has 4 aromatic rings. The lowest BCUT2D eigenvalue weighted by Gasteiger charge is -2.29. The number of amides is 1. The van der Waals surface area contributed by atoms with E-state index in [9.17, 15) is 18.7 Å². The van der Waals surface area contributed by atoms with Gasteiger partial charge in [-0.25, -0.2) is 18.4 Å². The lowest BCUT2D eigenvalue weighted by atomic mass is 9.82. The fourth-order valence-electron chi connectivity index (χ4n) is 3.63. The molecule has 0 aliphatic rings. The highest BCUT2D eigenvalue weighted by molar-refractivity contribution is 5.92. The molecular formula is C24H22F2N4O2. The third-order valence-electron chi connectivity index (χ3n) is 5.31. The van der Waals surface area contributed by atoms with Crippen molar-refractivity contribution >= 4 is 22.6 Å². The molecule has 0 bridgehead atoms. The predicted molar refractivity (Wildman–Crippen MR) is 118 cm³/mol. The van der Waals surface area contributed by atoms with Gasteiger partial charge in [-0.05, 0) is 61.9 Å². The van der Waals surface area contributed by atoms with Crippen LogP contribution in [0.1, 0.15) is 31.7 Å². The Morgan fingerprint density at radius 3 is 2.31 bits per heavy atom. The molecule has 0 spiro atoms. The Balaban J connectivity index is 1.52. The molecule has 0 saturated carbocycles. The van der Waals surface area contributed by atoms with Gasteiger partial charge in [-0.2, -0.15) is 5.10 Å². The van der Waals surface area contributed by atoms with Crippen molar-refractivity contribution in [3.05, 3.63) is 84.2 Å². The van der Waals surface area contributed by atoms with Gasteiger partial charge in [0.05, 0.1) is 29.2 Å². The van der Waals surface area contributed by atoms with Crippen molar-refractivity contribution in [2.24, 2.45) is 0 Å². The van der Waals surface area contributed by atoms with E-state index < -0.39 is 11.5 Å². The summed E-state index contributed by atoms with van der Waals surface area (Å²) in [6.45, 7) is 3.23. The van der Waals surface area contributed by atoms with E-state index in [1.54, 1.807) is 61.3 Å². The third-order valence-corrected chi connectivity index (χ3v) is 5.31. The molecule has 164 valence electrons. The number of fused-ring (bicyclic) bond motifs is 1. The van der Waals surface area contributed by atoms with Crippen molar-refractivity contribution in [3.63, 3.8) is 0 Å². The van der Waals surface area contributed by atoms with Crippen LogP contribution in [0, 0.1) is 11.6 Å². The Bertz CT molecular complexity index is 1250. The number of hydrogen-bond acceptors (Lipinski definition) is 4. The molecule has 8 heteroatoms. The van der Waals surface area contributed by atoms with Crippen LogP contribution in [0.5, 0.6) is 0 Å². The number of halogens is 2. The number of aromatic nitrogens is 3. The van der Waals surface area contributed by atoms with E-state index in [1.807, 2.05) is 0 Å². The molecule has 2 aromatic heterocycles. The molecule has 0 radical (unpaired) electrons. The zero-order chi connectivity index (χ0) is 22.9. The minimum atomic E-state index is -1.19. The van der Waals surface area contributed by atoms with Crippen LogP contribution in [0.4, 0.5) is 14.6 Å². The molecule has 1 amide bonds. The average molecular weight is 436 g/mol. The predicted octanol–water partition coefficient (Wildman–Crippen LogP) is 4.58. The number of nitrogens with zero attached hydrogens (tertiary/aromatic N) is 3. The maximum atomic E-state index is 13.3. The van der Waals surface area contributed by atoms with E-state index in [0.717, 1.165) is 5.39 Å². The summed E-state index contributed by atoms with van der Waals surface area (Å²) in [5, 5.41) is 18.4. The van der Waals surface area contributed by atoms with Crippen LogP contribution in [0.3, 0.4) is 0 Å². The average Bonchev–Trinajstić information content (AvgIpc) is 3.16. The van der Waals surface area contributed by atoms with Crippen LogP contribution >= 0.6 is 0 Å². The second-order valence-corrected chi connectivity index (χ2v) is 8.17. The van der Waals surface area contributed by atoms with Gasteiger partial charge in [-0.3, -0.25) is 4.79 Å². The molecule has 6 nitrogen and oxygen atoms in total. The number of carbonyl (C=O) groups excluding carboxylic acids is 1. The summed E-state index contributed by atoms with van der Waals surface area (Å²) < 4.78 is 28.1. The van der Waals surface area contributed by atoms with Crippen molar-refractivity contribution in [2.45, 2.75) is 31.8 Å². The number of benzene rings is 2. The Morgan fingerprint density at radius 1 is 1.06 bits per heavy atom. The molecule has 0 aliphatic heterocycles. The number of nitrogens with one attached hydrogen (secondary N) is 1. The molecule has 2 aromatic carbocycles. The van der Waals surface area contributed by atoms with E-state index in [-0.39, 0.29) is 24.0 Å². The van der Waals surface area contributed by atoms with Gasteiger partial charge in [0.2, 0.25) is 5.91 Å². The summed E-state index contributed by atoms with van der Waals surface area (Å²) in [5.41, 5.74) is 0.865. The highest BCUT2D eigenvalue weighted by Gasteiger charge is 2.30. The van der Waals surface area contributed by atoms with Gasteiger partial charge in [-0.15, -0.1) is 0 Å². The van der Waals surface area contributed by atoms with Crippen LogP contribution in [0.25, 0.3) is 16.6 Å². The molecule has 4 rings (SSSR count). The standard InChI is InChI=1S/C24H22F2N4O2/c1-24(2,32)20(15-3-5-17(25)6-4-15)12-23(31)29-22-11-16-13-28-30(21(16)14-27-22)19-9-7-18(26)8-10-19/h3-11,13-14,20,32H,12H2,1-2H3,(H,27,29,31)/t20-/m0/s1. The molecule has 0 unspecified atom stereocenters. The molecule has 0 fully saturated rings. The zero-order valence-electron chi connectivity index (χ0n) is 17.6. The topological polar surface area (TPSA) is 80.0 Å². The summed E-state index contributed by atoms with van der Waals surface area (Å²) in [5.74, 6) is -1.24. The summed E-state index contributed by atoms with van der Waals surface area (Å²) in [6, 6.07) is 13.4. The fraction of sp³-hybridized carbons (Fsp3) is 0.208. The van der Waals surface area contributed by atoms with Crippen LogP contribution in [0.15, 0.2) is 67.0 Å². The van der Waals surface area contributed by atoms with Crippen LogP contribution in [-0.2, 0) is 4.79 Å². The second-order valence-electron chi connectivity index (χ2n) is 8.17. The van der Waals surface area contributed by atoms with Crippen LogP contribution < -0.4 is 5.32 Å². The molecule has 1 atom stereocenters. The van der Waals surface area contributed by atoms with Crippen molar-refractivity contribution in [3.8, 4) is 5.69 Å². The molecule has 2 heterocycles. The van der Waals surface area contributed by atoms with E-state index in [4.69, 9.17) is 0 Å². The lowest BCUT2D eigenvalue weighted by molar-refractivity contribution is -0.118. The number of anilines is 1. The first kappa shape index (κ1) is 21.6. The van der Waals surface area contributed by atoms with Gasteiger partial charge in [0, 0.05) is 17.7 Å². The summed E-state index contributed by atoms with van der Waals surface area (Å²) in [4.78, 5) is 17.0. The summed E-state index contributed by atoms with van der Waals surface area (Å²) >= 11 is 0. The van der Waals surface area contributed by atoms with Gasteiger partial charge in [-0.1, -0.05) is 12.1 Å². The smallest absolute Gasteiger partial charge is 0.226 e. The van der Waals surface area contributed by atoms with E-state index >= 15 is 0 Å². The maximum Gasteiger partial charge on any atom is 0.226 e. The molecule has 32 heavy (non-hydrogen) atoms. The van der Waals surface area contributed by atoms with Gasteiger partial charge in [0.25, 0.3) is 0 Å². The fourth-order valence-corrected chi connectivity index (χ4v) is 3.63. The Labute approximate surface area is 183 Å². The Kier molecular flexibility index (Phi) is 5.71. The SMILES string of the molecule is CC(C)(O)[C@@H](CC(=O)Nc1cc2cnn(-c3ccc(F)cc3)c2cn1)c1ccc(F)cc1. The molecule has 0 saturated heterocycles. The first-order valence-corrected chi connectivity index (χ1v) is 10.1. The summed E-state index contributed by atoms with van der Waals surface area (Å²) in [7, 11) is 0. The first-order chi connectivity index (χ1) is 15.2. The van der Waals surface area contributed by atoms with E-state index in [1.165, 1.54) is 24.3 Å². The minimum Gasteiger partial charge on any atom is -0.390 e. The van der Waals surface area contributed by atoms with Gasteiger partial charge in [0.15, 0.2) is 0 Å². The molecule has 0 aliphatic carbocycles. The number of carbonyl (C=O) groups is 1. The first-order valence-electron chi connectivity index (χ1n) is 10.1. The van der Waals surface area contributed by atoms with Gasteiger partial charge >= 0.3 is 0 Å². The normalized spacial score (nSPS) is 12.7. The summed E-state index contributed by atoms with van der Waals surface area (Å²) in [6.07, 6.45) is 3.20. The Hall–Kier alpha value is -3.65. The second kappa shape index (κ2) is 8.47. The van der Waals surface area contributed by atoms with Crippen molar-refractivity contribution < 1.29 is 18.7 Å². The number of aliphatic hydroxyl groups is 1. The van der Waals surface area contributed by atoms with Gasteiger partial charge in [0.1, 0.15) is 17.5 Å². The highest BCUT2D eigenvalue weighted by atomic mass is 19.1. The van der Waals surface area contributed by atoms with Gasteiger partial charge < -0.3 is 10.4 Å². The van der Waals surface area contributed by atoms with Crippen LogP contribution in [-0.4, -0.2) is 31.4 Å². The van der Waals surface area contributed by atoms with Crippen molar-refractivity contribution in [1.29, 1.82) is 0 Å². The van der Waals surface area contributed by atoms with Crippen LogP contribution in [0.2, 0.25) is 0 Å². The van der Waals surface area contributed by atoms with Crippen molar-refractivity contribution in [2.75, 3.05) is 5.32 Å². The quantitative estimate of drug-likeness (QED) is 0.464.